The molecule has 0 aliphatic carbocycles. The molecule has 0 amide bonds. The third kappa shape index (κ3) is 9.91. The molecular formula is C12H24N2O2. The maximum absolute atomic E-state index is 8.49. The second kappa shape index (κ2) is 12.4. The summed E-state index contributed by atoms with van der Waals surface area (Å²) in [5, 5.41) is 8.49. The van der Waals surface area contributed by atoms with Crippen molar-refractivity contribution < 1.29 is 9.47 Å². The van der Waals surface area contributed by atoms with Gasteiger partial charge in [0.05, 0.1) is 19.3 Å². The Balaban J connectivity index is 3.63. The van der Waals surface area contributed by atoms with Crippen molar-refractivity contribution in [1.29, 1.82) is 5.26 Å². The highest BCUT2D eigenvalue weighted by molar-refractivity contribution is 4.70. The van der Waals surface area contributed by atoms with Crippen LogP contribution in [0.5, 0.6) is 0 Å². The van der Waals surface area contributed by atoms with E-state index in [1.54, 1.807) is 0 Å². The van der Waals surface area contributed by atoms with Crippen LogP contribution >= 0.6 is 0 Å². The van der Waals surface area contributed by atoms with Gasteiger partial charge in [-0.15, -0.1) is 0 Å². The van der Waals surface area contributed by atoms with Crippen LogP contribution in [0.1, 0.15) is 26.7 Å². The monoisotopic (exact) mass is 228 g/mol. The molecule has 0 aromatic heterocycles. The minimum Gasteiger partial charge on any atom is -0.380 e. The molecule has 0 heterocycles. The van der Waals surface area contributed by atoms with E-state index in [0.29, 0.717) is 6.42 Å². The fraction of sp³-hybridized carbons (Fsp3) is 0.917. The molecule has 0 spiro atoms. The Bertz CT molecular complexity index is 170. The van der Waals surface area contributed by atoms with E-state index in [2.05, 4.69) is 11.0 Å². The summed E-state index contributed by atoms with van der Waals surface area (Å²) in [6.45, 7) is 9.84. The molecule has 0 rings (SSSR count). The summed E-state index contributed by atoms with van der Waals surface area (Å²) in [7, 11) is 0. The Morgan fingerprint density at radius 3 is 2.00 bits per heavy atom. The van der Waals surface area contributed by atoms with Crippen molar-refractivity contribution in [1.82, 2.24) is 4.90 Å². The van der Waals surface area contributed by atoms with Crippen LogP contribution in [0.2, 0.25) is 0 Å². The molecule has 4 heteroatoms. The molecular weight excluding hydrogens is 204 g/mol. The summed E-state index contributed by atoms with van der Waals surface area (Å²) in [6.07, 6.45) is 1.55. The highest BCUT2D eigenvalue weighted by Crippen LogP contribution is 1.95. The number of ether oxygens (including phenoxy) is 2. The Labute approximate surface area is 99.1 Å². The zero-order chi connectivity index (χ0) is 12.1. The van der Waals surface area contributed by atoms with Crippen molar-refractivity contribution in [3.8, 4) is 6.07 Å². The second-order valence-electron chi connectivity index (χ2n) is 3.50. The molecule has 0 N–H and O–H groups in total. The quantitative estimate of drug-likeness (QED) is 0.505. The van der Waals surface area contributed by atoms with Crippen LogP contribution in [0.15, 0.2) is 0 Å². The van der Waals surface area contributed by atoms with Crippen molar-refractivity contribution in [3.05, 3.63) is 0 Å². The van der Waals surface area contributed by atoms with Crippen molar-refractivity contribution >= 4 is 0 Å². The lowest BCUT2D eigenvalue weighted by molar-refractivity contribution is 0.0825. The minimum atomic E-state index is 0.625. The zero-order valence-corrected chi connectivity index (χ0v) is 10.6. The fourth-order valence-corrected chi connectivity index (χ4v) is 1.39. The van der Waals surface area contributed by atoms with Gasteiger partial charge in [0, 0.05) is 32.7 Å². The smallest absolute Gasteiger partial charge is 0.0622 e. The standard InChI is InChI=1S/C12H24N2O2/c1-3-15-11-9-14(8-6-5-7-13)10-12-16-4-2/h3-6,8-12H2,1-2H3. The van der Waals surface area contributed by atoms with Gasteiger partial charge in [0.15, 0.2) is 0 Å². The highest BCUT2D eigenvalue weighted by Gasteiger charge is 2.04. The lowest BCUT2D eigenvalue weighted by Crippen LogP contribution is -2.32. The van der Waals surface area contributed by atoms with Crippen LogP contribution in [0.25, 0.3) is 0 Å². The fourth-order valence-electron chi connectivity index (χ4n) is 1.39. The molecule has 94 valence electrons. The maximum atomic E-state index is 8.49. The van der Waals surface area contributed by atoms with Gasteiger partial charge in [0.2, 0.25) is 0 Å². The van der Waals surface area contributed by atoms with Crippen LogP contribution in [-0.4, -0.2) is 51.0 Å². The third-order valence-electron chi connectivity index (χ3n) is 2.27. The molecule has 0 aromatic carbocycles. The van der Waals surface area contributed by atoms with Gasteiger partial charge in [-0.1, -0.05) is 0 Å². The summed E-state index contributed by atoms with van der Waals surface area (Å²) < 4.78 is 10.7. The number of unbranched alkanes of at least 4 members (excludes halogenated alkanes) is 1. The van der Waals surface area contributed by atoms with Crippen LogP contribution in [-0.2, 0) is 9.47 Å². The molecule has 0 unspecified atom stereocenters. The molecule has 0 fully saturated rings. The average molecular weight is 228 g/mol. The number of nitriles is 1. The summed E-state index contributed by atoms with van der Waals surface area (Å²) in [4.78, 5) is 2.29. The molecule has 4 nitrogen and oxygen atoms in total. The molecule has 0 saturated carbocycles. The van der Waals surface area contributed by atoms with E-state index < -0.39 is 0 Å². The van der Waals surface area contributed by atoms with Gasteiger partial charge in [0.1, 0.15) is 0 Å². The van der Waals surface area contributed by atoms with Gasteiger partial charge in [-0.2, -0.15) is 5.26 Å². The topological polar surface area (TPSA) is 45.5 Å². The lowest BCUT2D eigenvalue weighted by atomic mass is 10.3. The Kier molecular flexibility index (Phi) is 11.9. The molecule has 0 aliphatic rings. The van der Waals surface area contributed by atoms with Crippen molar-refractivity contribution in [2.45, 2.75) is 26.7 Å². The number of rotatable bonds is 11. The average Bonchev–Trinajstić information content (AvgIpc) is 2.29. The summed E-state index contributed by atoms with van der Waals surface area (Å²) >= 11 is 0. The van der Waals surface area contributed by atoms with Gasteiger partial charge < -0.3 is 9.47 Å². The predicted octanol–water partition coefficient (Wildman–Crippen LogP) is 1.67. The summed E-state index contributed by atoms with van der Waals surface area (Å²) in [6, 6.07) is 2.17. The van der Waals surface area contributed by atoms with E-state index in [1.165, 1.54) is 0 Å². The van der Waals surface area contributed by atoms with Gasteiger partial charge in [0.25, 0.3) is 0 Å². The van der Waals surface area contributed by atoms with Gasteiger partial charge in [-0.25, -0.2) is 0 Å². The summed E-state index contributed by atoms with van der Waals surface area (Å²) in [5.74, 6) is 0. The summed E-state index contributed by atoms with van der Waals surface area (Å²) in [5.41, 5.74) is 0. The van der Waals surface area contributed by atoms with Crippen molar-refractivity contribution in [2.75, 3.05) is 46.1 Å². The SMILES string of the molecule is CCOCCN(CCCC#N)CCOCC. The van der Waals surface area contributed by atoms with E-state index in [9.17, 15) is 0 Å². The normalized spacial score (nSPS) is 10.6. The van der Waals surface area contributed by atoms with Crippen LogP contribution in [0.3, 0.4) is 0 Å². The first-order valence-corrected chi connectivity index (χ1v) is 6.09. The largest absolute Gasteiger partial charge is 0.380 e. The molecule has 0 aromatic rings. The Hall–Kier alpha value is -0.630. The Morgan fingerprint density at radius 1 is 1.00 bits per heavy atom. The van der Waals surface area contributed by atoms with Gasteiger partial charge in [-0.3, -0.25) is 4.90 Å². The maximum Gasteiger partial charge on any atom is 0.0622 e. The zero-order valence-electron chi connectivity index (χ0n) is 10.6. The van der Waals surface area contributed by atoms with E-state index in [-0.39, 0.29) is 0 Å². The van der Waals surface area contributed by atoms with E-state index in [1.807, 2.05) is 13.8 Å². The lowest BCUT2D eigenvalue weighted by Gasteiger charge is -2.21. The molecule has 0 saturated heterocycles. The van der Waals surface area contributed by atoms with Gasteiger partial charge in [-0.05, 0) is 26.8 Å². The van der Waals surface area contributed by atoms with Crippen LogP contribution in [0.4, 0.5) is 0 Å². The molecule has 0 bridgehead atoms. The second-order valence-corrected chi connectivity index (χ2v) is 3.50. The third-order valence-corrected chi connectivity index (χ3v) is 2.27. The molecule has 0 radical (unpaired) electrons. The van der Waals surface area contributed by atoms with Crippen LogP contribution < -0.4 is 0 Å². The number of hydrogen-bond acceptors (Lipinski definition) is 4. The predicted molar refractivity (Wildman–Crippen MR) is 64.3 cm³/mol. The number of hydrogen-bond donors (Lipinski definition) is 0. The molecule has 0 atom stereocenters. The van der Waals surface area contributed by atoms with E-state index >= 15 is 0 Å². The van der Waals surface area contributed by atoms with Crippen molar-refractivity contribution in [3.63, 3.8) is 0 Å². The van der Waals surface area contributed by atoms with Gasteiger partial charge >= 0.3 is 0 Å². The first-order valence-electron chi connectivity index (χ1n) is 6.09. The Morgan fingerprint density at radius 2 is 1.56 bits per heavy atom. The first-order chi connectivity index (χ1) is 7.85. The number of nitrogens with zero attached hydrogens (tertiary/aromatic N) is 2. The van der Waals surface area contributed by atoms with Crippen LogP contribution in [0, 0.1) is 11.3 Å². The van der Waals surface area contributed by atoms with E-state index in [0.717, 1.165) is 52.5 Å². The minimum absolute atomic E-state index is 0.625. The first kappa shape index (κ1) is 15.4. The molecule has 0 aliphatic heterocycles. The highest BCUT2D eigenvalue weighted by atomic mass is 16.5. The van der Waals surface area contributed by atoms with Crippen molar-refractivity contribution in [2.24, 2.45) is 0 Å². The van der Waals surface area contributed by atoms with E-state index in [4.69, 9.17) is 14.7 Å². The molecule has 16 heavy (non-hydrogen) atoms.